The van der Waals surface area contributed by atoms with Crippen molar-refractivity contribution in [3.8, 4) is 11.1 Å². The number of carbonyl (C=O) groups is 2. The van der Waals surface area contributed by atoms with Gasteiger partial charge >= 0.3 is 5.97 Å². The van der Waals surface area contributed by atoms with Gasteiger partial charge in [-0.15, -0.1) is 11.8 Å². The van der Waals surface area contributed by atoms with Gasteiger partial charge in [0.15, 0.2) is 5.69 Å². The fourth-order valence-corrected chi connectivity index (χ4v) is 7.37. The summed E-state index contributed by atoms with van der Waals surface area (Å²) in [7, 11) is 1.36. The number of hydrogen-bond donors (Lipinski definition) is 4. The van der Waals surface area contributed by atoms with Gasteiger partial charge in [-0.1, -0.05) is 42.5 Å². The van der Waals surface area contributed by atoms with E-state index < -0.39 is 11.2 Å². The van der Waals surface area contributed by atoms with Crippen molar-refractivity contribution in [1.82, 2.24) is 14.6 Å². The monoisotopic (exact) mass is 736 g/mol. The van der Waals surface area contributed by atoms with Crippen LogP contribution in [0.3, 0.4) is 0 Å². The van der Waals surface area contributed by atoms with Gasteiger partial charge in [0.25, 0.3) is 5.91 Å². The molecule has 4 N–H and O–H groups in total. The molecule has 1 fully saturated rings. The summed E-state index contributed by atoms with van der Waals surface area (Å²) in [6.45, 7) is 4.79. The van der Waals surface area contributed by atoms with E-state index in [0.29, 0.717) is 28.3 Å². The van der Waals surface area contributed by atoms with E-state index in [4.69, 9.17) is 4.74 Å². The summed E-state index contributed by atoms with van der Waals surface area (Å²) in [4.78, 5) is 35.8. The zero-order chi connectivity index (χ0) is 36.3. The Morgan fingerprint density at radius 2 is 1.63 bits per heavy atom. The summed E-state index contributed by atoms with van der Waals surface area (Å²) in [5, 5.41) is 24.0. The number of pyridine rings is 1. The van der Waals surface area contributed by atoms with E-state index in [2.05, 4.69) is 37.0 Å². The Morgan fingerprint density at radius 3 is 2.38 bits per heavy atom. The molecule has 1 amide bonds. The number of hydrogen-bond acceptors (Lipinski definition) is 11. The predicted molar refractivity (Wildman–Crippen MR) is 206 cm³/mol. The van der Waals surface area contributed by atoms with Crippen LogP contribution in [0.25, 0.3) is 11.1 Å². The highest BCUT2D eigenvalue weighted by atomic mass is 32.2. The number of aromatic nitrogens is 1. The van der Waals surface area contributed by atoms with Crippen molar-refractivity contribution in [2.75, 3.05) is 55.8 Å². The molecule has 0 saturated carbocycles. The average Bonchev–Trinajstić information content (AvgIpc) is 3.19. The molecule has 0 aliphatic carbocycles. The average molecular weight is 737 g/mol. The van der Waals surface area contributed by atoms with E-state index in [-0.39, 0.29) is 11.6 Å². The van der Waals surface area contributed by atoms with E-state index in [9.17, 15) is 20.0 Å². The molecular weight excluding hydrogens is 697 g/mol. The third kappa shape index (κ3) is 9.70. The molecule has 5 aromatic rings. The van der Waals surface area contributed by atoms with Crippen LogP contribution in [0.5, 0.6) is 0 Å². The summed E-state index contributed by atoms with van der Waals surface area (Å²) in [5.41, 5.74) is 5.75. The molecule has 1 unspecified atom stereocenters. The Kier molecular flexibility index (Phi) is 12.8. The van der Waals surface area contributed by atoms with Crippen molar-refractivity contribution >= 4 is 52.6 Å². The molecule has 1 aliphatic rings. The molecular formula is C39H40N6O5S2. The minimum absolute atomic E-state index is 0.153. The number of benzene rings is 4. The molecule has 1 aliphatic heterocycles. The van der Waals surface area contributed by atoms with Crippen molar-refractivity contribution in [3.63, 3.8) is 0 Å². The second kappa shape index (κ2) is 18.0. The van der Waals surface area contributed by atoms with E-state index in [1.54, 1.807) is 36.2 Å². The molecule has 1 atom stereocenters. The molecule has 268 valence electrons. The van der Waals surface area contributed by atoms with Gasteiger partial charge in [0.1, 0.15) is 0 Å². The molecule has 4 aromatic carbocycles. The zero-order valence-electron chi connectivity index (χ0n) is 28.7. The van der Waals surface area contributed by atoms with Gasteiger partial charge in [-0.05, 0) is 77.7 Å². The Hall–Kier alpha value is -4.89. The van der Waals surface area contributed by atoms with Crippen LogP contribution >= 0.6 is 23.7 Å². The Labute approximate surface area is 311 Å². The van der Waals surface area contributed by atoms with Gasteiger partial charge in [0.05, 0.1) is 18.4 Å². The van der Waals surface area contributed by atoms with Gasteiger partial charge in [-0.2, -0.15) is 5.23 Å². The van der Waals surface area contributed by atoms with Gasteiger partial charge in [0, 0.05) is 90.1 Å². The number of rotatable bonds is 14. The number of esters is 1. The summed E-state index contributed by atoms with van der Waals surface area (Å²) in [5.74, 6) is 0.116. The normalized spacial score (nSPS) is 13.7. The lowest BCUT2D eigenvalue weighted by molar-refractivity contribution is -0.990. The van der Waals surface area contributed by atoms with Crippen LogP contribution in [-0.2, 0) is 11.3 Å². The topological polar surface area (TPSA) is 135 Å². The molecule has 52 heavy (non-hydrogen) atoms. The zero-order valence-corrected chi connectivity index (χ0v) is 30.3. The lowest BCUT2D eigenvalue weighted by atomic mass is 9.99. The minimum atomic E-state index is -1.03. The second-order valence-electron chi connectivity index (χ2n) is 12.1. The van der Waals surface area contributed by atoms with Crippen LogP contribution in [0.2, 0.25) is 0 Å². The number of anilines is 2. The fraction of sp³-hybridized carbons (Fsp3) is 0.205. The highest BCUT2D eigenvalue weighted by Gasteiger charge is 2.20. The number of quaternary nitrogens is 1. The summed E-state index contributed by atoms with van der Waals surface area (Å²) in [6.07, 6.45) is 3.28. The maximum absolute atomic E-state index is 13.0. The predicted octanol–water partition coefficient (Wildman–Crippen LogP) is 5.90. The maximum atomic E-state index is 13.0. The minimum Gasteiger partial charge on any atom is -0.595 e. The van der Waals surface area contributed by atoms with Crippen LogP contribution in [0, 0.1) is 5.21 Å². The van der Waals surface area contributed by atoms with Gasteiger partial charge in [-0.3, -0.25) is 19.4 Å². The third-order valence-electron chi connectivity index (χ3n) is 8.66. The Morgan fingerprint density at radius 1 is 0.885 bits per heavy atom. The first-order valence-electron chi connectivity index (χ1n) is 16.8. The molecule has 2 heterocycles. The van der Waals surface area contributed by atoms with Gasteiger partial charge in [0.2, 0.25) is 0 Å². The van der Waals surface area contributed by atoms with Crippen LogP contribution in [0.15, 0.2) is 125 Å². The number of nitrogens with zero attached hydrogens (tertiary/aromatic N) is 3. The van der Waals surface area contributed by atoms with Gasteiger partial charge < -0.3 is 20.2 Å². The van der Waals surface area contributed by atoms with Crippen molar-refractivity contribution in [3.05, 3.63) is 137 Å². The van der Waals surface area contributed by atoms with Crippen LogP contribution < -0.4 is 20.2 Å². The highest BCUT2D eigenvalue weighted by molar-refractivity contribution is 7.99. The van der Waals surface area contributed by atoms with Crippen molar-refractivity contribution in [2.45, 2.75) is 16.3 Å². The molecule has 0 radical (unpaired) electrons. The Bertz CT molecular complexity index is 1960. The lowest BCUT2D eigenvalue weighted by Gasteiger charge is -2.36. The highest BCUT2D eigenvalue weighted by Crippen LogP contribution is 2.28. The summed E-state index contributed by atoms with van der Waals surface area (Å²) >= 11 is 2.79. The van der Waals surface area contributed by atoms with E-state index in [1.165, 1.54) is 13.3 Å². The molecule has 13 heteroatoms. The smallest absolute Gasteiger partial charge is 0.339 e. The second-order valence-corrected chi connectivity index (χ2v) is 14.1. The number of carbonyl (C=O) groups excluding carboxylic acids is 2. The van der Waals surface area contributed by atoms with E-state index in [0.717, 1.165) is 77.7 Å². The van der Waals surface area contributed by atoms with Gasteiger partial charge in [-0.25, -0.2) is 10.0 Å². The van der Waals surface area contributed by atoms with E-state index in [1.807, 2.05) is 72.8 Å². The van der Waals surface area contributed by atoms with Crippen molar-refractivity contribution < 1.29 is 24.8 Å². The number of amides is 1. The molecule has 1 saturated heterocycles. The number of piperazine rings is 1. The number of nitrogens with one attached hydrogen (secondary N) is 3. The lowest BCUT2D eigenvalue weighted by Crippen LogP contribution is -2.99. The quantitative estimate of drug-likeness (QED) is 0.0357. The third-order valence-corrected chi connectivity index (χ3v) is 10.5. The number of methoxy groups -OCH3 is 1. The van der Waals surface area contributed by atoms with Crippen molar-refractivity contribution in [1.29, 1.82) is 0 Å². The molecule has 6 rings (SSSR count). The summed E-state index contributed by atoms with van der Waals surface area (Å²) < 4.78 is 7.71. The number of thioether (sulfide) groups is 1. The molecule has 0 spiro atoms. The fourth-order valence-electron chi connectivity index (χ4n) is 5.94. The standard InChI is InChI=1S/C39H40N6O5S2/c1-50-39(47)31-23-30(25-40-26-31)35-10-6-5-7-29(35)27-43-18-20-44(21-19-43)32-13-11-28(12-14-32)38(46)42-52-34-15-16-36(37(24-34)45(48)49)41-17-22-51-33-8-3-2-4-9-33/h2-16,23-26,41,45,48H,17-22,27H2,1H3,(H,42,46). The molecule has 0 bridgehead atoms. The summed E-state index contributed by atoms with van der Waals surface area (Å²) in [6, 6.07) is 32.7. The number of ether oxygens (including phenoxy) is 1. The largest absolute Gasteiger partial charge is 0.595 e. The van der Waals surface area contributed by atoms with Crippen molar-refractivity contribution in [2.24, 2.45) is 0 Å². The van der Waals surface area contributed by atoms with Crippen LogP contribution in [-0.4, -0.2) is 72.6 Å². The first-order valence-corrected chi connectivity index (χ1v) is 18.6. The molecule has 11 nitrogen and oxygen atoms in total. The van der Waals surface area contributed by atoms with E-state index >= 15 is 0 Å². The van der Waals surface area contributed by atoms with Crippen LogP contribution in [0.4, 0.5) is 17.1 Å². The van der Waals surface area contributed by atoms with Crippen LogP contribution in [0.1, 0.15) is 26.3 Å². The molecule has 1 aromatic heterocycles. The first-order chi connectivity index (χ1) is 25.4. The Balaban J connectivity index is 0.983. The SMILES string of the molecule is COC(=O)c1cncc(-c2ccccc2CN2CCN(c3ccc(C(=O)NSc4ccc(NCCSc5ccccc5)c([NH+]([O-])O)c4)cc3)CC2)c1. The maximum Gasteiger partial charge on any atom is 0.339 e. The first kappa shape index (κ1) is 36.9.